The Morgan fingerprint density at radius 1 is 0.889 bits per heavy atom. The van der Waals surface area contributed by atoms with Crippen LogP contribution in [0.4, 0.5) is 5.82 Å². The molecule has 0 atom stereocenters. The van der Waals surface area contributed by atoms with Crippen molar-refractivity contribution >= 4 is 73.8 Å². The Morgan fingerprint density at radius 2 is 1.56 bits per heavy atom. The molecule has 27 heavy (non-hydrogen) atoms. The molecule has 0 saturated carbocycles. The van der Waals surface area contributed by atoms with E-state index in [-0.39, 0.29) is 30.8 Å². The van der Waals surface area contributed by atoms with E-state index < -0.39 is 10.0 Å². The van der Waals surface area contributed by atoms with E-state index in [1.807, 2.05) is 18.2 Å². The summed E-state index contributed by atoms with van der Waals surface area (Å²) >= 11 is 30.0. The van der Waals surface area contributed by atoms with E-state index in [0.29, 0.717) is 11.6 Å². The Balaban J connectivity index is 1.89. The second kappa shape index (κ2) is 8.07. The minimum absolute atomic E-state index is 0.0501. The minimum atomic E-state index is -4.08. The van der Waals surface area contributed by atoms with Gasteiger partial charge in [0.15, 0.2) is 5.82 Å². The van der Waals surface area contributed by atoms with E-state index in [4.69, 9.17) is 58.0 Å². The second-order valence-corrected chi connectivity index (χ2v) is 9.10. The third kappa shape index (κ3) is 4.65. The van der Waals surface area contributed by atoms with Crippen LogP contribution >= 0.6 is 58.0 Å². The van der Waals surface area contributed by atoms with Gasteiger partial charge in [0.2, 0.25) is 0 Å². The van der Waals surface area contributed by atoms with Crippen LogP contribution in [0.15, 0.2) is 47.5 Å². The lowest BCUT2D eigenvalue weighted by Crippen LogP contribution is -2.14. The maximum Gasteiger partial charge on any atom is 0.264 e. The van der Waals surface area contributed by atoms with Crippen molar-refractivity contribution < 1.29 is 8.42 Å². The highest BCUT2D eigenvalue weighted by molar-refractivity contribution is 7.92. The van der Waals surface area contributed by atoms with Gasteiger partial charge in [0, 0.05) is 11.2 Å². The maximum atomic E-state index is 12.6. The van der Waals surface area contributed by atoms with Gasteiger partial charge in [-0.15, -0.1) is 0 Å². The van der Waals surface area contributed by atoms with Crippen LogP contribution in [-0.2, 0) is 16.6 Å². The van der Waals surface area contributed by atoms with E-state index in [2.05, 4.69) is 9.82 Å². The molecule has 0 aliphatic heterocycles. The lowest BCUT2D eigenvalue weighted by atomic mass is 10.2. The van der Waals surface area contributed by atoms with Crippen LogP contribution in [-0.4, -0.2) is 18.2 Å². The number of aromatic nitrogens is 2. The Bertz CT molecular complexity index is 1120. The molecule has 5 nitrogen and oxygen atoms in total. The van der Waals surface area contributed by atoms with Crippen LogP contribution in [0.25, 0.3) is 0 Å². The zero-order chi connectivity index (χ0) is 19.8. The predicted molar refractivity (Wildman–Crippen MR) is 110 cm³/mol. The molecule has 1 heterocycles. The molecule has 0 radical (unpaired) electrons. The van der Waals surface area contributed by atoms with E-state index in [9.17, 15) is 8.42 Å². The molecule has 0 bridgehead atoms. The number of benzene rings is 2. The number of hydrogen-bond donors (Lipinski definition) is 1. The molecule has 0 unspecified atom stereocenters. The van der Waals surface area contributed by atoms with Gasteiger partial charge in [0.05, 0.1) is 21.6 Å². The van der Waals surface area contributed by atoms with Crippen molar-refractivity contribution in [1.29, 1.82) is 0 Å². The Hall–Kier alpha value is -1.15. The van der Waals surface area contributed by atoms with Crippen molar-refractivity contribution in [1.82, 2.24) is 9.78 Å². The van der Waals surface area contributed by atoms with Crippen molar-refractivity contribution in [2.75, 3.05) is 4.72 Å². The molecule has 0 saturated heterocycles. The number of anilines is 1. The molecular formula is C16H10Cl5N3O2S. The van der Waals surface area contributed by atoms with Crippen molar-refractivity contribution in [3.05, 3.63) is 73.3 Å². The van der Waals surface area contributed by atoms with Gasteiger partial charge in [-0.05, 0) is 23.8 Å². The Kier molecular flexibility index (Phi) is 6.15. The highest BCUT2D eigenvalue weighted by atomic mass is 35.5. The number of sulfonamides is 1. The fourth-order valence-electron chi connectivity index (χ4n) is 2.24. The number of halogens is 5. The highest BCUT2D eigenvalue weighted by Crippen LogP contribution is 2.33. The summed E-state index contributed by atoms with van der Waals surface area (Å²) in [5.74, 6) is -0.0501. The first-order chi connectivity index (χ1) is 12.7. The third-order valence-corrected chi connectivity index (χ3v) is 6.67. The lowest BCUT2D eigenvalue weighted by Gasteiger charge is -2.09. The highest BCUT2D eigenvalue weighted by Gasteiger charge is 2.23. The van der Waals surface area contributed by atoms with Gasteiger partial charge in [-0.3, -0.25) is 9.40 Å². The average Bonchev–Trinajstić information content (AvgIpc) is 2.91. The molecule has 0 aliphatic rings. The topological polar surface area (TPSA) is 64.0 Å². The summed E-state index contributed by atoms with van der Waals surface area (Å²) in [4.78, 5) is -0.240. The first-order valence-corrected chi connectivity index (χ1v) is 10.7. The molecule has 0 fully saturated rings. The molecule has 0 aliphatic carbocycles. The zero-order valence-corrected chi connectivity index (χ0v) is 17.9. The summed E-state index contributed by atoms with van der Waals surface area (Å²) in [6.07, 6.45) is 1.49. The molecule has 1 N–H and O–H groups in total. The van der Waals surface area contributed by atoms with Gasteiger partial charge in [-0.1, -0.05) is 76.2 Å². The quantitative estimate of drug-likeness (QED) is 0.451. The Labute approximate surface area is 180 Å². The maximum absolute atomic E-state index is 12.6. The molecule has 0 amide bonds. The number of hydrogen-bond acceptors (Lipinski definition) is 3. The van der Waals surface area contributed by atoms with Gasteiger partial charge >= 0.3 is 0 Å². The standard InChI is InChI=1S/C16H10Cl5N3O2S/c17-10-4-2-1-3-9(10)7-24-8-14(21)16(22-24)23-27(25,26)15-6-12(19)11(18)5-13(15)20/h1-6,8H,7H2,(H,22,23). The van der Waals surface area contributed by atoms with Crippen LogP contribution in [0.5, 0.6) is 0 Å². The smallest absolute Gasteiger partial charge is 0.264 e. The molecule has 3 rings (SSSR count). The number of nitrogens with zero attached hydrogens (tertiary/aromatic N) is 2. The first kappa shape index (κ1) is 20.6. The second-order valence-electron chi connectivity index (χ2n) is 5.42. The summed E-state index contributed by atoms with van der Waals surface area (Å²) < 4.78 is 29.0. The lowest BCUT2D eigenvalue weighted by molar-refractivity contribution is 0.600. The van der Waals surface area contributed by atoms with Crippen LogP contribution in [0, 0.1) is 0 Å². The van der Waals surface area contributed by atoms with Crippen LogP contribution < -0.4 is 4.72 Å². The molecule has 11 heteroatoms. The molecule has 142 valence electrons. The SMILES string of the molecule is O=S(=O)(Nc1nn(Cc2ccccc2Cl)cc1Cl)c1cc(Cl)c(Cl)cc1Cl. The molecule has 0 spiro atoms. The summed E-state index contributed by atoms with van der Waals surface area (Å²) in [7, 11) is -4.08. The summed E-state index contributed by atoms with van der Waals surface area (Å²) in [5.41, 5.74) is 0.806. The molecular weight excluding hydrogens is 476 g/mol. The molecule has 1 aromatic heterocycles. The zero-order valence-electron chi connectivity index (χ0n) is 13.3. The summed E-state index contributed by atoms with van der Waals surface area (Å²) in [5, 5.41) is 4.95. The van der Waals surface area contributed by atoms with E-state index in [1.165, 1.54) is 16.9 Å². The van der Waals surface area contributed by atoms with Crippen LogP contribution in [0.1, 0.15) is 5.56 Å². The predicted octanol–water partition coefficient (Wildman–Crippen LogP) is 6.00. The van der Waals surface area contributed by atoms with Crippen molar-refractivity contribution in [2.45, 2.75) is 11.4 Å². The molecule has 2 aromatic carbocycles. The number of nitrogens with one attached hydrogen (secondary N) is 1. The molecule has 3 aromatic rings. The van der Waals surface area contributed by atoms with Gasteiger partial charge in [-0.25, -0.2) is 8.42 Å². The van der Waals surface area contributed by atoms with E-state index >= 15 is 0 Å². The van der Waals surface area contributed by atoms with E-state index in [1.54, 1.807) is 6.07 Å². The number of rotatable bonds is 5. The van der Waals surface area contributed by atoms with E-state index in [0.717, 1.165) is 11.6 Å². The monoisotopic (exact) mass is 483 g/mol. The summed E-state index contributed by atoms with van der Waals surface area (Å²) in [6.45, 7) is 0.314. The minimum Gasteiger partial charge on any atom is -0.265 e. The van der Waals surface area contributed by atoms with Crippen LogP contribution in [0.3, 0.4) is 0 Å². The normalized spacial score (nSPS) is 11.6. The van der Waals surface area contributed by atoms with Crippen molar-refractivity contribution in [3.8, 4) is 0 Å². The third-order valence-electron chi connectivity index (χ3n) is 3.50. The van der Waals surface area contributed by atoms with Crippen molar-refractivity contribution in [2.24, 2.45) is 0 Å². The Morgan fingerprint density at radius 3 is 2.26 bits per heavy atom. The fourth-order valence-corrected chi connectivity index (χ4v) is 4.71. The van der Waals surface area contributed by atoms with Gasteiger partial charge in [0.25, 0.3) is 10.0 Å². The van der Waals surface area contributed by atoms with Crippen molar-refractivity contribution in [3.63, 3.8) is 0 Å². The van der Waals surface area contributed by atoms with Crippen LogP contribution in [0.2, 0.25) is 25.1 Å². The average molecular weight is 486 g/mol. The van der Waals surface area contributed by atoms with Gasteiger partial charge in [0.1, 0.15) is 9.92 Å². The largest absolute Gasteiger partial charge is 0.265 e. The summed E-state index contributed by atoms with van der Waals surface area (Å²) in [6, 6.07) is 9.63. The fraction of sp³-hybridized carbons (Fsp3) is 0.0625. The first-order valence-electron chi connectivity index (χ1n) is 7.31. The van der Waals surface area contributed by atoms with Gasteiger partial charge in [-0.2, -0.15) is 5.10 Å². The van der Waals surface area contributed by atoms with Gasteiger partial charge < -0.3 is 0 Å².